The third-order valence-electron chi connectivity index (χ3n) is 3.40. The molecule has 104 valence electrons. The van der Waals surface area contributed by atoms with Crippen molar-refractivity contribution in [2.24, 2.45) is 11.1 Å². The van der Waals surface area contributed by atoms with E-state index in [-0.39, 0.29) is 12.7 Å². The van der Waals surface area contributed by atoms with Crippen LogP contribution in [0.4, 0.5) is 0 Å². The van der Waals surface area contributed by atoms with Crippen LogP contribution >= 0.6 is 0 Å². The summed E-state index contributed by atoms with van der Waals surface area (Å²) in [5.74, 6) is 1.44. The number of fused-ring (bicyclic) bond motifs is 1. The number of rotatable bonds is 4. The van der Waals surface area contributed by atoms with E-state index in [0.29, 0.717) is 13.1 Å². The minimum Gasteiger partial charge on any atom is -0.454 e. The summed E-state index contributed by atoms with van der Waals surface area (Å²) in [5, 5.41) is 2.91. The molecule has 0 unspecified atom stereocenters. The van der Waals surface area contributed by atoms with Gasteiger partial charge >= 0.3 is 0 Å². The van der Waals surface area contributed by atoms with Crippen molar-refractivity contribution in [3.05, 3.63) is 23.3 Å². The van der Waals surface area contributed by atoms with E-state index < -0.39 is 5.41 Å². The van der Waals surface area contributed by atoms with E-state index >= 15 is 0 Å². The number of nitrogens with one attached hydrogen (secondary N) is 1. The number of aryl methyl sites for hydroxylation is 1. The predicted octanol–water partition coefficient (Wildman–Crippen LogP) is 1.32. The van der Waals surface area contributed by atoms with Crippen LogP contribution in [0.15, 0.2) is 12.1 Å². The average molecular weight is 264 g/mol. The Hall–Kier alpha value is -1.75. The lowest BCUT2D eigenvalue weighted by Gasteiger charge is -2.21. The van der Waals surface area contributed by atoms with Crippen LogP contribution in [0, 0.1) is 12.3 Å². The summed E-state index contributed by atoms with van der Waals surface area (Å²) in [5.41, 5.74) is 7.11. The minimum absolute atomic E-state index is 0.0490. The molecule has 1 heterocycles. The summed E-state index contributed by atoms with van der Waals surface area (Å²) in [6, 6.07) is 3.84. The zero-order chi connectivity index (χ0) is 14.0. The second-order valence-corrected chi connectivity index (χ2v) is 5.40. The topological polar surface area (TPSA) is 73.6 Å². The summed E-state index contributed by atoms with van der Waals surface area (Å²) in [6.07, 6.45) is 0. The quantitative estimate of drug-likeness (QED) is 0.860. The van der Waals surface area contributed by atoms with E-state index in [4.69, 9.17) is 15.2 Å². The molecule has 0 saturated carbocycles. The van der Waals surface area contributed by atoms with Crippen LogP contribution < -0.4 is 20.5 Å². The third kappa shape index (κ3) is 2.81. The van der Waals surface area contributed by atoms with Crippen molar-refractivity contribution >= 4 is 5.91 Å². The molecule has 0 fully saturated rings. The monoisotopic (exact) mass is 264 g/mol. The maximum absolute atomic E-state index is 12.0. The number of hydrogen-bond acceptors (Lipinski definition) is 4. The number of amides is 1. The lowest BCUT2D eigenvalue weighted by Crippen LogP contribution is -2.41. The van der Waals surface area contributed by atoms with Gasteiger partial charge in [-0.2, -0.15) is 0 Å². The van der Waals surface area contributed by atoms with Crippen molar-refractivity contribution in [2.45, 2.75) is 27.3 Å². The Labute approximate surface area is 113 Å². The van der Waals surface area contributed by atoms with Crippen LogP contribution in [0.5, 0.6) is 11.5 Å². The van der Waals surface area contributed by atoms with Crippen LogP contribution in [-0.4, -0.2) is 19.2 Å². The molecule has 2 rings (SSSR count). The van der Waals surface area contributed by atoms with Crippen LogP contribution in [-0.2, 0) is 11.3 Å². The van der Waals surface area contributed by atoms with Gasteiger partial charge < -0.3 is 20.5 Å². The number of ether oxygens (including phenoxy) is 2. The molecule has 0 spiro atoms. The van der Waals surface area contributed by atoms with Gasteiger partial charge in [-0.25, -0.2) is 0 Å². The highest BCUT2D eigenvalue weighted by Gasteiger charge is 2.25. The number of hydrogen-bond donors (Lipinski definition) is 2. The summed E-state index contributed by atoms with van der Waals surface area (Å²) >= 11 is 0. The van der Waals surface area contributed by atoms with Crippen LogP contribution in [0.25, 0.3) is 0 Å². The van der Waals surface area contributed by atoms with Crippen molar-refractivity contribution < 1.29 is 14.3 Å². The maximum Gasteiger partial charge on any atom is 0.231 e. The van der Waals surface area contributed by atoms with Gasteiger partial charge in [0.2, 0.25) is 12.7 Å². The fourth-order valence-corrected chi connectivity index (χ4v) is 1.78. The molecule has 1 aliphatic rings. The Morgan fingerprint density at radius 3 is 2.63 bits per heavy atom. The largest absolute Gasteiger partial charge is 0.454 e. The smallest absolute Gasteiger partial charge is 0.231 e. The molecule has 0 bridgehead atoms. The van der Waals surface area contributed by atoms with E-state index in [9.17, 15) is 4.79 Å². The molecule has 0 radical (unpaired) electrons. The lowest BCUT2D eigenvalue weighted by molar-refractivity contribution is -0.129. The van der Waals surface area contributed by atoms with Gasteiger partial charge in [0.05, 0.1) is 5.41 Å². The molecule has 0 aliphatic carbocycles. The van der Waals surface area contributed by atoms with Crippen molar-refractivity contribution in [1.82, 2.24) is 5.32 Å². The predicted molar refractivity (Wildman–Crippen MR) is 72.0 cm³/mol. The SMILES string of the molecule is Cc1cc2c(cc1CNC(=O)C(C)(C)CN)OCO2. The van der Waals surface area contributed by atoms with Gasteiger partial charge in [0, 0.05) is 13.1 Å². The molecule has 0 saturated heterocycles. The molecule has 1 aromatic carbocycles. The Balaban J connectivity index is 2.06. The summed E-state index contributed by atoms with van der Waals surface area (Å²) in [4.78, 5) is 12.0. The Bertz CT molecular complexity index is 498. The van der Waals surface area contributed by atoms with E-state index in [2.05, 4.69) is 5.32 Å². The highest BCUT2D eigenvalue weighted by Crippen LogP contribution is 2.34. The highest BCUT2D eigenvalue weighted by molar-refractivity contribution is 5.82. The molecule has 1 aromatic rings. The van der Waals surface area contributed by atoms with E-state index in [0.717, 1.165) is 22.6 Å². The number of carbonyl (C=O) groups excluding carboxylic acids is 1. The molecular formula is C14H20N2O3. The van der Waals surface area contributed by atoms with E-state index in [1.54, 1.807) is 0 Å². The zero-order valence-corrected chi connectivity index (χ0v) is 11.6. The molecule has 5 nitrogen and oxygen atoms in total. The minimum atomic E-state index is -0.551. The zero-order valence-electron chi connectivity index (χ0n) is 11.6. The van der Waals surface area contributed by atoms with Gasteiger partial charge in [-0.1, -0.05) is 0 Å². The molecule has 0 atom stereocenters. The van der Waals surface area contributed by atoms with Crippen molar-refractivity contribution in [3.63, 3.8) is 0 Å². The van der Waals surface area contributed by atoms with Crippen LogP contribution in [0.1, 0.15) is 25.0 Å². The molecule has 1 aliphatic heterocycles. The summed E-state index contributed by atoms with van der Waals surface area (Å²) < 4.78 is 10.6. The van der Waals surface area contributed by atoms with Crippen LogP contribution in [0.2, 0.25) is 0 Å². The first kappa shape index (κ1) is 13.7. The van der Waals surface area contributed by atoms with Crippen LogP contribution in [0.3, 0.4) is 0 Å². The van der Waals surface area contributed by atoms with Gasteiger partial charge in [-0.05, 0) is 44.0 Å². The molecule has 0 aromatic heterocycles. The van der Waals surface area contributed by atoms with Gasteiger partial charge in [0.1, 0.15) is 0 Å². The van der Waals surface area contributed by atoms with Gasteiger partial charge in [0.25, 0.3) is 0 Å². The van der Waals surface area contributed by atoms with Crippen molar-refractivity contribution in [3.8, 4) is 11.5 Å². The third-order valence-corrected chi connectivity index (χ3v) is 3.40. The number of benzene rings is 1. The van der Waals surface area contributed by atoms with Crippen molar-refractivity contribution in [2.75, 3.05) is 13.3 Å². The maximum atomic E-state index is 12.0. The second kappa shape index (κ2) is 5.09. The molecular weight excluding hydrogens is 244 g/mol. The lowest BCUT2D eigenvalue weighted by atomic mass is 9.92. The molecule has 19 heavy (non-hydrogen) atoms. The first-order chi connectivity index (χ1) is 8.94. The van der Waals surface area contributed by atoms with Gasteiger partial charge in [-0.15, -0.1) is 0 Å². The van der Waals surface area contributed by atoms with E-state index in [1.807, 2.05) is 32.9 Å². The fraction of sp³-hybridized carbons (Fsp3) is 0.500. The van der Waals surface area contributed by atoms with Crippen molar-refractivity contribution in [1.29, 1.82) is 0 Å². The van der Waals surface area contributed by atoms with Gasteiger partial charge in [0.15, 0.2) is 11.5 Å². The number of carbonyl (C=O) groups is 1. The normalized spacial score (nSPS) is 13.5. The van der Waals surface area contributed by atoms with Gasteiger partial charge in [-0.3, -0.25) is 4.79 Å². The first-order valence-corrected chi connectivity index (χ1v) is 6.31. The molecule has 3 N–H and O–H groups in total. The highest BCUT2D eigenvalue weighted by atomic mass is 16.7. The molecule has 1 amide bonds. The number of nitrogens with two attached hydrogens (primary N) is 1. The van der Waals surface area contributed by atoms with E-state index in [1.165, 1.54) is 0 Å². The first-order valence-electron chi connectivity index (χ1n) is 6.31. The second-order valence-electron chi connectivity index (χ2n) is 5.40. The Morgan fingerprint density at radius 1 is 1.37 bits per heavy atom. The summed E-state index contributed by atoms with van der Waals surface area (Å²) in [6.45, 7) is 6.68. The molecule has 5 heteroatoms. The summed E-state index contributed by atoms with van der Waals surface area (Å²) in [7, 11) is 0. The average Bonchev–Trinajstić information content (AvgIpc) is 2.82. The standard InChI is InChI=1S/C14H20N2O3/c1-9-4-11-12(19-8-18-11)5-10(9)6-16-13(17)14(2,3)7-15/h4-5H,6-8,15H2,1-3H3,(H,16,17). The Morgan fingerprint density at radius 2 is 2.00 bits per heavy atom. The Kier molecular flexibility index (Phi) is 3.66. The fourth-order valence-electron chi connectivity index (χ4n) is 1.78.